The van der Waals surface area contributed by atoms with Crippen molar-refractivity contribution >= 4 is 15.9 Å². The van der Waals surface area contributed by atoms with E-state index in [1.165, 1.54) is 0 Å². The molecule has 0 aliphatic carbocycles. The Morgan fingerprint density at radius 1 is 1.33 bits per heavy atom. The lowest BCUT2D eigenvalue weighted by atomic mass is 10.0. The van der Waals surface area contributed by atoms with Crippen molar-refractivity contribution in [3.05, 3.63) is 45.4 Å². The Labute approximate surface area is 134 Å². The molecule has 0 amide bonds. The van der Waals surface area contributed by atoms with E-state index < -0.39 is 0 Å². The number of likely N-dealkylation sites (N-methyl/N-ethyl adjacent to an activating group) is 1. The summed E-state index contributed by atoms with van der Waals surface area (Å²) < 4.78 is 2.90. The Morgan fingerprint density at radius 3 is 2.67 bits per heavy atom. The number of hydrogen-bond donors (Lipinski definition) is 1. The Morgan fingerprint density at radius 2 is 2.05 bits per heavy atom. The zero-order valence-corrected chi connectivity index (χ0v) is 14.6. The van der Waals surface area contributed by atoms with Crippen molar-refractivity contribution in [2.75, 3.05) is 20.6 Å². The Balaban J connectivity index is 2.34. The summed E-state index contributed by atoms with van der Waals surface area (Å²) in [5.41, 5.74) is 10.5. The number of rotatable bonds is 5. The first-order valence-corrected chi connectivity index (χ1v) is 7.75. The van der Waals surface area contributed by atoms with Crippen LogP contribution in [0.2, 0.25) is 0 Å². The van der Waals surface area contributed by atoms with E-state index in [1.54, 1.807) is 0 Å². The summed E-state index contributed by atoms with van der Waals surface area (Å²) in [5, 5.41) is 4.42. The monoisotopic (exact) mass is 351 g/mol. The van der Waals surface area contributed by atoms with Crippen molar-refractivity contribution < 1.29 is 0 Å². The van der Waals surface area contributed by atoms with Gasteiger partial charge in [-0.25, -0.2) is 0 Å². The van der Waals surface area contributed by atoms with Gasteiger partial charge in [-0.1, -0.05) is 6.07 Å². The maximum atomic E-state index is 6.48. The molecule has 2 N–H and O–H groups in total. The van der Waals surface area contributed by atoms with Crippen molar-refractivity contribution in [2.24, 2.45) is 5.73 Å². The van der Waals surface area contributed by atoms with Gasteiger partial charge >= 0.3 is 0 Å². The minimum Gasteiger partial charge on any atom is -0.319 e. The summed E-state index contributed by atoms with van der Waals surface area (Å²) >= 11 is 3.56. The minimum absolute atomic E-state index is 0.239. The number of hydrogen-bond acceptors (Lipinski definition) is 4. The molecule has 2 aromatic rings. The third-order valence-corrected chi connectivity index (χ3v) is 4.10. The second-order valence-electron chi connectivity index (χ2n) is 5.51. The molecule has 0 aromatic carbocycles. The highest BCUT2D eigenvalue weighted by molar-refractivity contribution is 9.10. The van der Waals surface area contributed by atoms with Gasteiger partial charge in [0.1, 0.15) is 0 Å². The lowest BCUT2D eigenvalue weighted by Crippen LogP contribution is -2.24. The average Bonchev–Trinajstić information content (AvgIpc) is 2.77. The lowest BCUT2D eigenvalue weighted by molar-refractivity contribution is 0.368. The van der Waals surface area contributed by atoms with Crippen LogP contribution in [0.25, 0.3) is 0 Å². The van der Waals surface area contributed by atoms with Crippen LogP contribution in [0.5, 0.6) is 0 Å². The Kier molecular flexibility index (Phi) is 5.13. The fourth-order valence-electron chi connectivity index (χ4n) is 2.33. The fraction of sp³-hybridized carbons (Fsp3) is 0.467. The van der Waals surface area contributed by atoms with Gasteiger partial charge in [-0.05, 0) is 55.5 Å². The molecular weight excluding hydrogens is 330 g/mol. The maximum absolute atomic E-state index is 6.48. The zero-order chi connectivity index (χ0) is 15.6. The van der Waals surface area contributed by atoms with Crippen LogP contribution in [0.15, 0.2) is 22.8 Å². The second kappa shape index (κ2) is 6.68. The zero-order valence-electron chi connectivity index (χ0n) is 13.0. The van der Waals surface area contributed by atoms with E-state index in [9.17, 15) is 0 Å². The highest BCUT2D eigenvalue weighted by Gasteiger charge is 2.20. The number of aryl methyl sites for hydroxylation is 2. The van der Waals surface area contributed by atoms with Crippen LogP contribution in [0.4, 0.5) is 0 Å². The van der Waals surface area contributed by atoms with Gasteiger partial charge in [-0.15, -0.1) is 0 Å². The molecule has 2 rings (SSSR count). The van der Waals surface area contributed by atoms with Gasteiger partial charge < -0.3 is 10.6 Å². The van der Waals surface area contributed by atoms with Crippen LogP contribution in [0.1, 0.15) is 28.7 Å². The van der Waals surface area contributed by atoms with Gasteiger partial charge in [-0.2, -0.15) is 5.10 Å². The summed E-state index contributed by atoms with van der Waals surface area (Å²) in [7, 11) is 4.10. The van der Waals surface area contributed by atoms with Crippen molar-refractivity contribution in [1.29, 1.82) is 0 Å². The third-order valence-electron chi connectivity index (χ3n) is 3.49. The predicted octanol–water partition coefficient (Wildman–Crippen LogP) is 2.27. The molecule has 0 saturated carbocycles. The molecule has 0 spiro atoms. The summed E-state index contributed by atoms with van der Waals surface area (Å²) in [5.74, 6) is 0. The van der Waals surface area contributed by atoms with Crippen molar-refractivity contribution in [3.8, 4) is 0 Å². The van der Waals surface area contributed by atoms with E-state index in [0.29, 0.717) is 0 Å². The molecule has 5 nitrogen and oxygen atoms in total. The summed E-state index contributed by atoms with van der Waals surface area (Å²) in [6, 6.07) is 3.81. The molecule has 1 atom stereocenters. The molecule has 0 bridgehead atoms. The van der Waals surface area contributed by atoms with Crippen LogP contribution < -0.4 is 5.73 Å². The summed E-state index contributed by atoms with van der Waals surface area (Å²) in [6.45, 7) is 5.70. The van der Waals surface area contributed by atoms with E-state index in [0.717, 1.165) is 40.2 Å². The fourth-order valence-corrected chi connectivity index (χ4v) is 2.87. The topological polar surface area (TPSA) is 60.0 Å². The summed E-state index contributed by atoms with van der Waals surface area (Å²) in [4.78, 5) is 6.63. The van der Waals surface area contributed by atoms with Crippen molar-refractivity contribution in [1.82, 2.24) is 19.7 Å². The minimum atomic E-state index is -0.239. The molecule has 6 heteroatoms. The van der Waals surface area contributed by atoms with Gasteiger partial charge in [0.25, 0.3) is 0 Å². The molecular formula is C15H22BrN5. The number of pyridine rings is 1. The predicted molar refractivity (Wildman–Crippen MR) is 88.2 cm³/mol. The standard InChI is InChI=1S/C15H22BrN5/c1-10-5-6-12(11(2)19-10)14(17)15-13(16)9-18-21(15)8-7-20(3)4/h5-6,9,14H,7-8,17H2,1-4H3. The van der Waals surface area contributed by atoms with Gasteiger partial charge in [0.2, 0.25) is 0 Å². The van der Waals surface area contributed by atoms with Crippen LogP contribution in [-0.4, -0.2) is 40.3 Å². The Bertz CT molecular complexity index is 621. The molecule has 0 radical (unpaired) electrons. The van der Waals surface area contributed by atoms with Gasteiger partial charge in [0, 0.05) is 17.9 Å². The normalized spacial score (nSPS) is 12.9. The molecule has 1 unspecified atom stereocenters. The highest BCUT2D eigenvalue weighted by Crippen LogP contribution is 2.28. The van der Waals surface area contributed by atoms with Crippen LogP contribution >= 0.6 is 15.9 Å². The van der Waals surface area contributed by atoms with Gasteiger partial charge in [0.05, 0.1) is 29.0 Å². The molecule has 0 saturated heterocycles. The molecule has 114 valence electrons. The molecule has 2 heterocycles. The lowest BCUT2D eigenvalue weighted by Gasteiger charge is -2.18. The maximum Gasteiger partial charge on any atom is 0.0752 e. The molecule has 0 aliphatic rings. The first kappa shape index (κ1) is 16.1. The van der Waals surface area contributed by atoms with Crippen molar-refractivity contribution in [3.63, 3.8) is 0 Å². The van der Waals surface area contributed by atoms with Crippen LogP contribution in [-0.2, 0) is 6.54 Å². The average molecular weight is 352 g/mol. The number of aromatic nitrogens is 3. The SMILES string of the molecule is Cc1ccc(C(N)c2c(Br)cnn2CCN(C)C)c(C)n1. The molecule has 0 fully saturated rings. The smallest absolute Gasteiger partial charge is 0.0752 e. The molecule has 2 aromatic heterocycles. The van der Waals surface area contributed by atoms with Crippen molar-refractivity contribution in [2.45, 2.75) is 26.4 Å². The van der Waals surface area contributed by atoms with Crippen LogP contribution in [0, 0.1) is 13.8 Å². The van der Waals surface area contributed by atoms with Crippen LogP contribution in [0.3, 0.4) is 0 Å². The first-order valence-electron chi connectivity index (χ1n) is 6.95. The Hall–Kier alpha value is -1.24. The molecule has 21 heavy (non-hydrogen) atoms. The van der Waals surface area contributed by atoms with Gasteiger partial charge in [-0.3, -0.25) is 9.67 Å². The second-order valence-corrected chi connectivity index (χ2v) is 6.36. The van der Waals surface area contributed by atoms with E-state index >= 15 is 0 Å². The van der Waals surface area contributed by atoms with E-state index in [1.807, 2.05) is 44.9 Å². The first-order chi connectivity index (χ1) is 9.90. The van der Waals surface area contributed by atoms with E-state index in [4.69, 9.17) is 5.73 Å². The van der Waals surface area contributed by atoms with E-state index in [2.05, 4.69) is 37.0 Å². The molecule has 0 aliphatic heterocycles. The largest absolute Gasteiger partial charge is 0.319 e. The van der Waals surface area contributed by atoms with Gasteiger partial charge in [0.15, 0.2) is 0 Å². The summed E-state index contributed by atoms with van der Waals surface area (Å²) in [6.07, 6.45) is 1.81. The third kappa shape index (κ3) is 3.70. The number of halogens is 1. The quantitative estimate of drug-likeness (QED) is 0.897. The number of nitrogens with two attached hydrogens (primary N) is 1. The number of nitrogens with zero attached hydrogens (tertiary/aromatic N) is 4. The van der Waals surface area contributed by atoms with E-state index in [-0.39, 0.29) is 6.04 Å². The highest BCUT2D eigenvalue weighted by atomic mass is 79.9.